The SMILES string of the molecule is COc1ccccc1C(CNc1ncnc2scc(-c3ccccc3)c12)N1CCCC1. The molecule has 4 aromatic rings. The number of nitrogens with zero attached hydrogens (tertiary/aromatic N) is 3. The van der Waals surface area contributed by atoms with Crippen LogP contribution in [0.3, 0.4) is 0 Å². The molecule has 0 radical (unpaired) electrons. The first kappa shape index (κ1) is 20.0. The second-order valence-corrected chi connectivity index (χ2v) is 8.66. The van der Waals surface area contributed by atoms with Gasteiger partial charge in [0, 0.05) is 23.1 Å². The minimum absolute atomic E-state index is 0.225. The Hall–Kier alpha value is -2.96. The first-order valence-corrected chi connectivity index (χ1v) is 11.6. The molecule has 1 N–H and O–H groups in total. The summed E-state index contributed by atoms with van der Waals surface area (Å²) >= 11 is 1.66. The number of nitrogens with one attached hydrogen (secondary N) is 1. The predicted molar refractivity (Wildman–Crippen MR) is 128 cm³/mol. The minimum atomic E-state index is 0.225. The van der Waals surface area contributed by atoms with Crippen LogP contribution >= 0.6 is 11.3 Å². The van der Waals surface area contributed by atoms with Gasteiger partial charge in [0.1, 0.15) is 22.7 Å². The van der Waals surface area contributed by atoms with Crippen LogP contribution in [-0.2, 0) is 0 Å². The lowest BCUT2D eigenvalue weighted by molar-refractivity contribution is 0.249. The van der Waals surface area contributed by atoms with Crippen molar-refractivity contribution in [3.05, 3.63) is 71.9 Å². The number of hydrogen-bond acceptors (Lipinski definition) is 6. The van der Waals surface area contributed by atoms with Crippen molar-refractivity contribution in [3.8, 4) is 16.9 Å². The van der Waals surface area contributed by atoms with Gasteiger partial charge < -0.3 is 10.1 Å². The molecule has 0 spiro atoms. The zero-order valence-electron chi connectivity index (χ0n) is 17.6. The normalized spacial score (nSPS) is 15.3. The molecule has 1 aliphatic heterocycles. The summed E-state index contributed by atoms with van der Waals surface area (Å²) in [4.78, 5) is 12.7. The number of fused-ring (bicyclic) bond motifs is 1. The third-order valence-electron chi connectivity index (χ3n) is 6.00. The number of anilines is 1. The largest absolute Gasteiger partial charge is 0.496 e. The van der Waals surface area contributed by atoms with Crippen LogP contribution in [0.25, 0.3) is 21.3 Å². The van der Waals surface area contributed by atoms with Crippen molar-refractivity contribution in [2.45, 2.75) is 18.9 Å². The van der Waals surface area contributed by atoms with E-state index < -0.39 is 0 Å². The van der Waals surface area contributed by atoms with Gasteiger partial charge in [0.25, 0.3) is 0 Å². The molecule has 1 saturated heterocycles. The molecule has 6 heteroatoms. The van der Waals surface area contributed by atoms with Crippen molar-refractivity contribution in [3.63, 3.8) is 0 Å². The molecule has 1 unspecified atom stereocenters. The molecule has 1 aliphatic rings. The highest BCUT2D eigenvalue weighted by atomic mass is 32.1. The Morgan fingerprint density at radius 2 is 1.81 bits per heavy atom. The van der Waals surface area contributed by atoms with Crippen molar-refractivity contribution in [2.24, 2.45) is 0 Å². The zero-order valence-corrected chi connectivity index (χ0v) is 18.4. The molecule has 0 bridgehead atoms. The lowest BCUT2D eigenvalue weighted by atomic mass is 10.0. The van der Waals surface area contributed by atoms with Crippen molar-refractivity contribution in [1.82, 2.24) is 14.9 Å². The Labute approximate surface area is 186 Å². The molecule has 1 fully saturated rings. The number of benzene rings is 2. The third kappa shape index (κ3) is 4.01. The Balaban J connectivity index is 1.49. The first-order valence-electron chi connectivity index (χ1n) is 10.7. The van der Waals surface area contributed by atoms with Crippen LogP contribution in [0.5, 0.6) is 5.75 Å². The molecule has 158 valence electrons. The maximum atomic E-state index is 5.69. The smallest absolute Gasteiger partial charge is 0.138 e. The average Bonchev–Trinajstić information content (AvgIpc) is 3.51. The molecule has 2 aromatic heterocycles. The Morgan fingerprint density at radius 1 is 1.03 bits per heavy atom. The first-order chi connectivity index (χ1) is 15.3. The maximum absolute atomic E-state index is 5.69. The summed E-state index contributed by atoms with van der Waals surface area (Å²) in [6, 6.07) is 19.0. The number of para-hydroxylation sites is 1. The van der Waals surface area contributed by atoms with Crippen LogP contribution in [0.2, 0.25) is 0 Å². The number of ether oxygens (including phenoxy) is 1. The van der Waals surface area contributed by atoms with Crippen molar-refractivity contribution in [1.29, 1.82) is 0 Å². The van der Waals surface area contributed by atoms with Crippen molar-refractivity contribution < 1.29 is 4.74 Å². The number of aromatic nitrogens is 2. The summed E-state index contributed by atoms with van der Waals surface area (Å²) in [6.45, 7) is 2.98. The number of hydrogen-bond donors (Lipinski definition) is 1. The molecule has 2 aromatic carbocycles. The van der Waals surface area contributed by atoms with Gasteiger partial charge in [-0.2, -0.15) is 0 Å². The van der Waals surface area contributed by atoms with E-state index in [0.717, 1.165) is 41.4 Å². The highest BCUT2D eigenvalue weighted by Gasteiger charge is 2.26. The Morgan fingerprint density at radius 3 is 2.61 bits per heavy atom. The van der Waals surface area contributed by atoms with Gasteiger partial charge >= 0.3 is 0 Å². The molecule has 1 atom stereocenters. The lowest BCUT2D eigenvalue weighted by Gasteiger charge is -2.29. The van der Waals surface area contributed by atoms with Crippen molar-refractivity contribution in [2.75, 3.05) is 32.1 Å². The molecule has 31 heavy (non-hydrogen) atoms. The fourth-order valence-electron chi connectivity index (χ4n) is 4.46. The van der Waals surface area contributed by atoms with Gasteiger partial charge in [-0.1, -0.05) is 48.5 Å². The van der Waals surface area contributed by atoms with E-state index in [1.165, 1.54) is 29.5 Å². The van der Waals surface area contributed by atoms with E-state index in [1.54, 1.807) is 24.8 Å². The van der Waals surface area contributed by atoms with Crippen LogP contribution in [-0.4, -0.2) is 41.6 Å². The fraction of sp³-hybridized carbons (Fsp3) is 0.280. The van der Waals surface area contributed by atoms with Gasteiger partial charge in [0.15, 0.2) is 0 Å². The summed E-state index contributed by atoms with van der Waals surface area (Å²) in [7, 11) is 1.75. The van der Waals surface area contributed by atoms with E-state index in [1.807, 2.05) is 18.2 Å². The average molecular weight is 431 g/mol. The van der Waals surface area contributed by atoms with E-state index >= 15 is 0 Å². The summed E-state index contributed by atoms with van der Waals surface area (Å²) in [5.41, 5.74) is 3.59. The van der Waals surface area contributed by atoms with Crippen molar-refractivity contribution >= 4 is 27.4 Å². The topological polar surface area (TPSA) is 50.3 Å². The molecule has 5 rings (SSSR count). The number of rotatable bonds is 7. The highest BCUT2D eigenvalue weighted by Crippen LogP contribution is 2.37. The van der Waals surface area contributed by atoms with Gasteiger partial charge in [-0.15, -0.1) is 11.3 Å². The van der Waals surface area contributed by atoms with Crippen LogP contribution < -0.4 is 10.1 Å². The predicted octanol–water partition coefficient (Wildman–Crippen LogP) is 5.62. The number of methoxy groups -OCH3 is 1. The van der Waals surface area contributed by atoms with E-state index in [2.05, 4.69) is 62.0 Å². The monoisotopic (exact) mass is 430 g/mol. The van der Waals surface area contributed by atoms with Gasteiger partial charge in [0.2, 0.25) is 0 Å². The molecular formula is C25H26N4OS. The molecule has 5 nitrogen and oxygen atoms in total. The Bertz CT molecular complexity index is 1150. The van der Waals surface area contributed by atoms with E-state index in [-0.39, 0.29) is 6.04 Å². The molecular weight excluding hydrogens is 404 g/mol. The van der Waals surface area contributed by atoms with Crippen LogP contribution in [0.15, 0.2) is 66.3 Å². The van der Waals surface area contributed by atoms with Gasteiger partial charge in [-0.3, -0.25) is 4.90 Å². The Kier molecular flexibility index (Phi) is 5.82. The molecule has 0 saturated carbocycles. The third-order valence-corrected chi connectivity index (χ3v) is 6.88. The van der Waals surface area contributed by atoms with Crippen LogP contribution in [0.4, 0.5) is 5.82 Å². The molecule has 0 aliphatic carbocycles. The standard InChI is InChI=1S/C25H26N4OS/c1-30-22-12-6-5-11-19(22)21(29-13-7-8-14-29)15-26-24-23-20(18-9-3-2-4-10-18)16-31-25(23)28-17-27-24/h2-6,9-12,16-17,21H,7-8,13-15H2,1H3,(H,26,27,28). The maximum Gasteiger partial charge on any atom is 0.138 e. The zero-order chi connectivity index (χ0) is 21.0. The second-order valence-electron chi connectivity index (χ2n) is 7.80. The van der Waals surface area contributed by atoms with Gasteiger partial charge in [0.05, 0.1) is 18.5 Å². The van der Waals surface area contributed by atoms with Gasteiger partial charge in [-0.05, 0) is 37.6 Å². The number of likely N-dealkylation sites (tertiary alicyclic amines) is 1. The highest BCUT2D eigenvalue weighted by molar-refractivity contribution is 7.17. The molecule has 3 heterocycles. The summed E-state index contributed by atoms with van der Waals surface area (Å²) < 4.78 is 5.69. The summed E-state index contributed by atoms with van der Waals surface area (Å²) in [5.74, 6) is 1.83. The fourth-order valence-corrected chi connectivity index (χ4v) is 5.38. The quantitative estimate of drug-likeness (QED) is 0.413. The van der Waals surface area contributed by atoms with E-state index in [0.29, 0.717) is 0 Å². The summed E-state index contributed by atoms with van der Waals surface area (Å²) in [6.07, 6.45) is 4.14. The molecule has 0 amide bonds. The van der Waals surface area contributed by atoms with E-state index in [4.69, 9.17) is 4.74 Å². The number of thiophene rings is 1. The van der Waals surface area contributed by atoms with Crippen LogP contribution in [0, 0.1) is 0 Å². The lowest BCUT2D eigenvalue weighted by Crippen LogP contribution is -2.31. The van der Waals surface area contributed by atoms with Crippen LogP contribution in [0.1, 0.15) is 24.4 Å². The minimum Gasteiger partial charge on any atom is -0.496 e. The van der Waals surface area contributed by atoms with E-state index in [9.17, 15) is 0 Å². The van der Waals surface area contributed by atoms with Gasteiger partial charge in [-0.25, -0.2) is 9.97 Å². The second kappa shape index (κ2) is 9.04. The summed E-state index contributed by atoms with van der Waals surface area (Å²) in [5, 5.41) is 6.94.